The van der Waals surface area contributed by atoms with E-state index in [1.54, 1.807) is 13.8 Å². The fraction of sp³-hybridized carbons (Fsp3) is 0.741. The number of carboxylic acids is 1. The van der Waals surface area contributed by atoms with Crippen LogP contribution in [0.1, 0.15) is 65.7 Å². The lowest BCUT2D eigenvalue weighted by Gasteiger charge is -2.63. The van der Waals surface area contributed by atoms with Gasteiger partial charge in [0.2, 0.25) is 0 Å². The molecule has 4 aliphatic rings. The minimum Gasteiger partial charge on any atom is -0.481 e. The quantitative estimate of drug-likeness (QED) is 0.334. The van der Waals surface area contributed by atoms with Gasteiger partial charge in [-0.15, -0.1) is 0 Å². The standard InChI is InChI=1S/C27H35BrF2O7/c1-13-8-14-15-9-18(29)16-10-20(32)17(28)11-24(16,2)26(15,30)21(33)12-25(14,3)27(13,37)23(36)19(31)6-4-5-7-22(34)35/h10-11,13-15,18-19,21,31,33,37H,4-9,12H2,1-3H3,(H,34,35)/t13-,14-,15-,18+,19?,21-,24-,25-,26-,27-/m0/s1. The number of Topliss-reactive ketones (excluding diaryl/α,β-unsaturated/α-hetero) is 1. The van der Waals surface area contributed by atoms with Crippen LogP contribution < -0.4 is 0 Å². The Balaban J connectivity index is 1.69. The third-order valence-corrected chi connectivity index (χ3v) is 10.7. The summed E-state index contributed by atoms with van der Waals surface area (Å²) in [7, 11) is 0. The second kappa shape index (κ2) is 9.31. The zero-order valence-corrected chi connectivity index (χ0v) is 22.8. The van der Waals surface area contributed by atoms with Crippen molar-refractivity contribution in [2.45, 2.75) is 95.4 Å². The van der Waals surface area contributed by atoms with Crippen LogP contribution in [0.5, 0.6) is 0 Å². The van der Waals surface area contributed by atoms with Gasteiger partial charge in [-0.25, -0.2) is 8.78 Å². The van der Waals surface area contributed by atoms with Gasteiger partial charge in [0.15, 0.2) is 17.2 Å². The van der Waals surface area contributed by atoms with Crippen LogP contribution in [0.2, 0.25) is 0 Å². The molecule has 0 amide bonds. The number of aliphatic hydroxyl groups is 3. The lowest BCUT2D eigenvalue weighted by atomic mass is 9.44. The maximum absolute atomic E-state index is 17.3. The first-order valence-electron chi connectivity index (χ1n) is 12.9. The zero-order chi connectivity index (χ0) is 27.7. The molecule has 4 N–H and O–H groups in total. The molecule has 0 aromatic rings. The Morgan fingerprint density at radius 2 is 1.86 bits per heavy atom. The predicted octanol–water partition coefficient (Wildman–Crippen LogP) is 3.58. The number of aliphatic carboxylic acids is 1. The number of allylic oxidation sites excluding steroid dienone is 4. The van der Waals surface area contributed by atoms with Crippen molar-refractivity contribution in [2.24, 2.45) is 28.6 Å². The van der Waals surface area contributed by atoms with Gasteiger partial charge >= 0.3 is 5.97 Å². The Hall–Kier alpha value is -1.49. The number of rotatable bonds is 7. The first kappa shape index (κ1) is 28.5. The number of alkyl halides is 2. The van der Waals surface area contributed by atoms with Crippen LogP contribution in [0.3, 0.4) is 0 Å². The fourth-order valence-corrected chi connectivity index (χ4v) is 8.69. The molecule has 0 aromatic carbocycles. The number of fused-ring (bicyclic) bond motifs is 5. The average Bonchev–Trinajstić information content (AvgIpc) is 3.01. The molecule has 4 aliphatic carbocycles. The molecule has 3 saturated carbocycles. The summed E-state index contributed by atoms with van der Waals surface area (Å²) in [5, 5.41) is 42.8. The van der Waals surface area contributed by atoms with Gasteiger partial charge in [0.05, 0.1) is 10.6 Å². The highest BCUT2D eigenvalue weighted by molar-refractivity contribution is 9.12. The maximum atomic E-state index is 17.3. The van der Waals surface area contributed by atoms with Gasteiger partial charge < -0.3 is 20.4 Å². The number of hydrogen-bond acceptors (Lipinski definition) is 6. The number of halogens is 3. The van der Waals surface area contributed by atoms with Gasteiger partial charge in [-0.05, 0) is 84.9 Å². The first-order chi connectivity index (χ1) is 17.1. The molecule has 0 heterocycles. The summed E-state index contributed by atoms with van der Waals surface area (Å²) >= 11 is 3.15. The van der Waals surface area contributed by atoms with Crippen molar-refractivity contribution in [2.75, 3.05) is 0 Å². The summed E-state index contributed by atoms with van der Waals surface area (Å²) in [6, 6.07) is 0. The predicted molar refractivity (Wildman–Crippen MR) is 133 cm³/mol. The van der Waals surface area contributed by atoms with E-state index in [4.69, 9.17) is 5.11 Å². The van der Waals surface area contributed by atoms with Gasteiger partial charge in [-0.2, -0.15) is 0 Å². The second-order valence-electron chi connectivity index (χ2n) is 11.9. The molecule has 3 fully saturated rings. The molecular weight excluding hydrogens is 554 g/mol. The van der Waals surface area contributed by atoms with E-state index in [0.717, 1.165) is 6.08 Å². The van der Waals surface area contributed by atoms with Crippen LogP contribution in [-0.4, -0.2) is 67.6 Å². The SMILES string of the molecule is C[C@H]1C[C@H]2[C@@H]3C[C@@H](F)C4=CC(=O)C(Br)=C[C@]4(C)[C@@]3(F)[C@@H](O)C[C@]2(C)[C@@]1(O)C(=O)C(O)CCCCC(=O)O. The molecule has 0 radical (unpaired) electrons. The smallest absolute Gasteiger partial charge is 0.303 e. The number of carbonyl (C=O) groups is 3. The van der Waals surface area contributed by atoms with Crippen LogP contribution in [0.25, 0.3) is 0 Å². The van der Waals surface area contributed by atoms with E-state index >= 15 is 8.78 Å². The van der Waals surface area contributed by atoms with E-state index in [0.29, 0.717) is 0 Å². The van der Waals surface area contributed by atoms with Crippen molar-refractivity contribution in [3.63, 3.8) is 0 Å². The number of carboxylic acid groups (broad SMARTS) is 1. The zero-order valence-electron chi connectivity index (χ0n) is 21.2. The molecular formula is C27H35BrF2O7. The van der Waals surface area contributed by atoms with Gasteiger partial charge in [-0.3, -0.25) is 14.4 Å². The van der Waals surface area contributed by atoms with Crippen molar-refractivity contribution < 1.29 is 43.6 Å². The fourth-order valence-electron chi connectivity index (χ4n) is 8.12. The van der Waals surface area contributed by atoms with E-state index < -0.39 is 75.8 Å². The highest BCUT2D eigenvalue weighted by Crippen LogP contribution is 2.71. The Bertz CT molecular complexity index is 1080. The van der Waals surface area contributed by atoms with Gasteiger partial charge in [-0.1, -0.05) is 19.9 Å². The molecule has 0 spiro atoms. The van der Waals surface area contributed by atoms with Crippen LogP contribution in [0.4, 0.5) is 8.78 Å². The molecule has 4 rings (SSSR count). The highest BCUT2D eigenvalue weighted by atomic mass is 79.9. The molecule has 7 nitrogen and oxygen atoms in total. The maximum Gasteiger partial charge on any atom is 0.303 e. The van der Waals surface area contributed by atoms with E-state index in [-0.39, 0.29) is 55.0 Å². The Morgan fingerprint density at radius 1 is 1.22 bits per heavy atom. The molecule has 10 atom stereocenters. The van der Waals surface area contributed by atoms with Crippen LogP contribution in [-0.2, 0) is 14.4 Å². The van der Waals surface area contributed by atoms with E-state index in [2.05, 4.69) is 15.9 Å². The summed E-state index contributed by atoms with van der Waals surface area (Å²) in [6.07, 6.45) is -2.45. The first-order valence-corrected chi connectivity index (χ1v) is 13.7. The van der Waals surface area contributed by atoms with Crippen molar-refractivity contribution in [1.82, 2.24) is 0 Å². The number of unbranched alkanes of at least 4 members (excludes halogenated alkanes) is 1. The van der Waals surface area contributed by atoms with Gasteiger partial charge in [0.25, 0.3) is 0 Å². The monoisotopic (exact) mass is 588 g/mol. The van der Waals surface area contributed by atoms with Crippen molar-refractivity contribution in [3.05, 3.63) is 22.2 Å². The molecule has 0 bridgehead atoms. The molecule has 0 aromatic heterocycles. The van der Waals surface area contributed by atoms with E-state index in [1.165, 1.54) is 13.0 Å². The Labute approximate surface area is 223 Å². The van der Waals surface area contributed by atoms with E-state index in [9.17, 15) is 29.7 Å². The van der Waals surface area contributed by atoms with Crippen LogP contribution >= 0.6 is 15.9 Å². The molecule has 0 aliphatic heterocycles. The minimum atomic E-state index is -2.35. The molecule has 37 heavy (non-hydrogen) atoms. The minimum absolute atomic E-state index is 0.0173. The van der Waals surface area contributed by atoms with Crippen molar-refractivity contribution in [3.8, 4) is 0 Å². The summed E-state index contributed by atoms with van der Waals surface area (Å²) in [4.78, 5) is 36.5. The van der Waals surface area contributed by atoms with Crippen molar-refractivity contribution in [1.29, 1.82) is 0 Å². The van der Waals surface area contributed by atoms with Crippen LogP contribution in [0, 0.1) is 28.6 Å². The third kappa shape index (κ3) is 3.84. The molecule has 10 heteroatoms. The second-order valence-corrected chi connectivity index (χ2v) is 12.8. The third-order valence-electron chi connectivity index (χ3n) is 10.1. The topological polar surface area (TPSA) is 132 Å². The normalized spacial score (nSPS) is 45.8. The number of carbonyl (C=O) groups excluding carboxylic acids is 2. The molecule has 206 valence electrons. The lowest BCUT2D eigenvalue weighted by molar-refractivity contribution is -0.225. The molecule has 0 saturated heterocycles. The largest absolute Gasteiger partial charge is 0.481 e. The summed E-state index contributed by atoms with van der Waals surface area (Å²) in [5.41, 5.74) is -7.41. The van der Waals surface area contributed by atoms with Gasteiger partial charge in [0.1, 0.15) is 17.9 Å². The lowest BCUT2D eigenvalue weighted by Crippen LogP contribution is -2.71. The summed E-state index contributed by atoms with van der Waals surface area (Å²) in [6.45, 7) is 4.73. The number of hydrogen-bond donors (Lipinski definition) is 4. The van der Waals surface area contributed by atoms with Crippen molar-refractivity contribution >= 4 is 33.5 Å². The van der Waals surface area contributed by atoms with Gasteiger partial charge in [0, 0.05) is 23.2 Å². The molecule has 1 unspecified atom stereocenters. The highest BCUT2D eigenvalue weighted by Gasteiger charge is 2.77. The Morgan fingerprint density at radius 3 is 2.49 bits per heavy atom. The van der Waals surface area contributed by atoms with E-state index in [1.807, 2.05) is 0 Å². The Kier molecular flexibility index (Phi) is 7.18. The number of ketones is 2. The summed E-state index contributed by atoms with van der Waals surface area (Å²) in [5.74, 6) is -4.72. The summed E-state index contributed by atoms with van der Waals surface area (Å²) < 4.78 is 33.0. The van der Waals surface area contributed by atoms with Crippen LogP contribution in [0.15, 0.2) is 22.2 Å². The number of aliphatic hydroxyl groups excluding tert-OH is 2. The average molecular weight is 589 g/mol.